The van der Waals surface area contributed by atoms with Crippen molar-refractivity contribution in [2.45, 2.75) is 19.4 Å². The van der Waals surface area contributed by atoms with Gasteiger partial charge in [-0.05, 0) is 48.6 Å². The Kier molecular flexibility index (Phi) is 6.57. The van der Waals surface area contributed by atoms with Gasteiger partial charge in [-0.1, -0.05) is 0 Å². The first-order valence-electron chi connectivity index (χ1n) is 9.39. The van der Waals surface area contributed by atoms with Gasteiger partial charge in [0.1, 0.15) is 0 Å². The molecule has 1 aromatic heterocycles. The molecule has 0 spiro atoms. The van der Waals surface area contributed by atoms with Crippen LogP contribution in [-0.4, -0.2) is 55.0 Å². The summed E-state index contributed by atoms with van der Waals surface area (Å²) in [6, 6.07) is 5.58. The Morgan fingerprint density at radius 1 is 1.14 bits per heavy atom. The molecule has 1 saturated heterocycles. The van der Waals surface area contributed by atoms with Crippen molar-refractivity contribution >= 4 is 12.0 Å². The summed E-state index contributed by atoms with van der Waals surface area (Å²) in [5.74, 6) is 2.24. The first-order valence-corrected chi connectivity index (χ1v) is 9.39. The average molecular weight is 385 g/mol. The summed E-state index contributed by atoms with van der Waals surface area (Å²) >= 11 is 0. The van der Waals surface area contributed by atoms with Gasteiger partial charge in [0, 0.05) is 38.1 Å². The van der Waals surface area contributed by atoms with Gasteiger partial charge in [-0.15, -0.1) is 0 Å². The fourth-order valence-electron chi connectivity index (χ4n) is 3.48. The van der Waals surface area contributed by atoms with Crippen LogP contribution in [0.25, 0.3) is 6.08 Å². The summed E-state index contributed by atoms with van der Waals surface area (Å²) in [4.78, 5) is 14.5. The standard InChI is InChI=1S/C21H27N3O4/c1-26-18-13-17(14-19(27-2)21(18)28-3)5-6-20(25)23-11-7-16(8-12-23)15-24-10-4-9-22-24/h4-6,9-10,13-14,16H,7-8,11-12,15H2,1-3H3/b6-5+. The van der Waals surface area contributed by atoms with Crippen LogP contribution in [0.4, 0.5) is 0 Å². The third-order valence-corrected chi connectivity index (χ3v) is 5.04. The molecule has 1 amide bonds. The molecule has 2 aromatic rings. The highest BCUT2D eigenvalue weighted by atomic mass is 16.5. The van der Waals surface area contributed by atoms with E-state index in [1.807, 2.05) is 34.0 Å². The van der Waals surface area contributed by atoms with Crippen LogP contribution in [-0.2, 0) is 11.3 Å². The van der Waals surface area contributed by atoms with Crippen LogP contribution in [0, 0.1) is 5.92 Å². The Hall–Kier alpha value is -2.96. The number of aromatic nitrogens is 2. The number of nitrogens with zero attached hydrogens (tertiary/aromatic N) is 3. The number of rotatable bonds is 7. The SMILES string of the molecule is COc1cc(/C=C/C(=O)N2CCC(Cn3cccn3)CC2)cc(OC)c1OC. The summed E-state index contributed by atoms with van der Waals surface area (Å²) in [6.45, 7) is 2.45. The molecular formula is C21H27N3O4. The van der Waals surface area contributed by atoms with Gasteiger partial charge in [0.2, 0.25) is 11.7 Å². The molecule has 1 fully saturated rings. The van der Waals surface area contributed by atoms with Crippen LogP contribution in [0.2, 0.25) is 0 Å². The maximum Gasteiger partial charge on any atom is 0.246 e. The number of hydrogen-bond acceptors (Lipinski definition) is 5. The van der Waals surface area contributed by atoms with Crippen LogP contribution in [0.1, 0.15) is 18.4 Å². The van der Waals surface area contributed by atoms with Gasteiger partial charge in [0.25, 0.3) is 0 Å². The zero-order valence-corrected chi connectivity index (χ0v) is 16.6. The second-order valence-corrected chi connectivity index (χ2v) is 6.79. The maximum absolute atomic E-state index is 12.6. The zero-order chi connectivity index (χ0) is 19.9. The maximum atomic E-state index is 12.6. The lowest BCUT2D eigenvalue weighted by Crippen LogP contribution is -2.38. The van der Waals surface area contributed by atoms with Gasteiger partial charge in [-0.25, -0.2) is 0 Å². The molecule has 2 heterocycles. The Morgan fingerprint density at radius 3 is 2.36 bits per heavy atom. The van der Waals surface area contributed by atoms with E-state index in [0.717, 1.165) is 38.0 Å². The van der Waals surface area contributed by atoms with Crippen LogP contribution in [0.15, 0.2) is 36.7 Å². The number of piperidine rings is 1. The van der Waals surface area contributed by atoms with Gasteiger partial charge in [0.05, 0.1) is 21.3 Å². The number of methoxy groups -OCH3 is 3. The first kappa shape index (κ1) is 19.8. The molecule has 3 rings (SSSR count). The molecule has 0 atom stereocenters. The fourth-order valence-corrected chi connectivity index (χ4v) is 3.48. The van der Waals surface area contributed by atoms with Crippen molar-refractivity contribution in [1.82, 2.24) is 14.7 Å². The average Bonchev–Trinajstić information content (AvgIpc) is 3.24. The second kappa shape index (κ2) is 9.30. The second-order valence-electron chi connectivity index (χ2n) is 6.79. The van der Waals surface area contributed by atoms with Crippen molar-refractivity contribution in [3.05, 3.63) is 42.2 Å². The van der Waals surface area contributed by atoms with Gasteiger partial charge in [-0.3, -0.25) is 9.48 Å². The van der Waals surface area contributed by atoms with E-state index in [4.69, 9.17) is 14.2 Å². The fraction of sp³-hybridized carbons (Fsp3) is 0.429. The van der Waals surface area contributed by atoms with Gasteiger partial charge in [0.15, 0.2) is 11.5 Å². The number of amides is 1. The summed E-state index contributed by atoms with van der Waals surface area (Å²) < 4.78 is 18.0. The van der Waals surface area contributed by atoms with Gasteiger partial charge in [-0.2, -0.15) is 5.10 Å². The van der Waals surface area contributed by atoms with Gasteiger partial charge < -0.3 is 19.1 Å². The number of likely N-dealkylation sites (tertiary alicyclic amines) is 1. The van der Waals surface area contributed by atoms with Crippen molar-refractivity contribution in [3.8, 4) is 17.2 Å². The molecule has 0 N–H and O–H groups in total. The number of carbonyl (C=O) groups is 1. The quantitative estimate of drug-likeness (QED) is 0.686. The molecular weight excluding hydrogens is 358 g/mol. The molecule has 1 aliphatic heterocycles. The molecule has 150 valence electrons. The molecule has 7 nitrogen and oxygen atoms in total. The number of hydrogen-bond donors (Lipinski definition) is 0. The predicted octanol–water partition coefficient (Wildman–Crippen LogP) is 2.86. The summed E-state index contributed by atoms with van der Waals surface area (Å²) in [6.07, 6.45) is 9.15. The van der Waals surface area contributed by atoms with E-state index in [-0.39, 0.29) is 5.91 Å². The number of ether oxygens (including phenoxy) is 3. The van der Waals surface area contributed by atoms with E-state index in [9.17, 15) is 4.79 Å². The molecule has 0 unspecified atom stereocenters. The minimum atomic E-state index is 0.0197. The van der Waals surface area contributed by atoms with E-state index in [1.54, 1.807) is 39.7 Å². The van der Waals surface area contributed by atoms with Crippen LogP contribution < -0.4 is 14.2 Å². The summed E-state index contributed by atoms with van der Waals surface area (Å²) in [7, 11) is 4.71. The summed E-state index contributed by atoms with van der Waals surface area (Å²) in [5, 5.41) is 4.26. The molecule has 1 aromatic carbocycles. The Balaban J connectivity index is 1.59. The molecule has 0 saturated carbocycles. The number of benzene rings is 1. The Morgan fingerprint density at radius 2 is 1.82 bits per heavy atom. The molecule has 0 radical (unpaired) electrons. The molecule has 7 heteroatoms. The van der Waals surface area contributed by atoms with Crippen molar-refractivity contribution < 1.29 is 19.0 Å². The van der Waals surface area contributed by atoms with E-state index in [2.05, 4.69) is 5.10 Å². The van der Waals surface area contributed by atoms with Crippen molar-refractivity contribution in [2.75, 3.05) is 34.4 Å². The molecule has 1 aliphatic rings. The molecule has 0 aliphatic carbocycles. The molecule has 0 bridgehead atoms. The topological polar surface area (TPSA) is 65.8 Å². The van der Waals surface area contributed by atoms with Crippen molar-refractivity contribution in [2.24, 2.45) is 5.92 Å². The van der Waals surface area contributed by atoms with Crippen molar-refractivity contribution in [1.29, 1.82) is 0 Å². The lowest BCUT2D eigenvalue weighted by atomic mass is 9.97. The van der Waals surface area contributed by atoms with Crippen LogP contribution in [0.3, 0.4) is 0 Å². The minimum Gasteiger partial charge on any atom is -0.493 e. The largest absolute Gasteiger partial charge is 0.493 e. The van der Waals surface area contributed by atoms with Crippen LogP contribution >= 0.6 is 0 Å². The smallest absolute Gasteiger partial charge is 0.246 e. The van der Waals surface area contributed by atoms with Crippen LogP contribution in [0.5, 0.6) is 17.2 Å². The zero-order valence-electron chi connectivity index (χ0n) is 16.6. The first-order chi connectivity index (χ1) is 13.6. The highest BCUT2D eigenvalue weighted by Crippen LogP contribution is 2.38. The third-order valence-electron chi connectivity index (χ3n) is 5.04. The number of carbonyl (C=O) groups excluding carboxylic acids is 1. The predicted molar refractivity (Wildman–Crippen MR) is 107 cm³/mol. The van der Waals surface area contributed by atoms with Gasteiger partial charge >= 0.3 is 0 Å². The Labute approximate surface area is 165 Å². The van der Waals surface area contributed by atoms with E-state index in [1.165, 1.54) is 0 Å². The highest BCUT2D eigenvalue weighted by molar-refractivity contribution is 5.92. The lowest BCUT2D eigenvalue weighted by molar-refractivity contribution is -0.127. The monoisotopic (exact) mass is 385 g/mol. The lowest BCUT2D eigenvalue weighted by Gasteiger charge is -2.31. The summed E-state index contributed by atoms with van der Waals surface area (Å²) in [5.41, 5.74) is 0.816. The molecule has 28 heavy (non-hydrogen) atoms. The van der Waals surface area contributed by atoms with E-state index in [0.29, 0.717) is 23.2 Å². The van der Waals surface area contributed by atoms with E-state index < -0.39 is 0 Å². The minimum absolute atomic E-state index is 0.0197. The van der Waals surface area contributed by atoms with Crippen molar-refractivity contribution in [3.63, 3.8) is 0 Å². The van der Waals surface area contributed by atoms with E-state index >= 15 is 0 Å². The highest BCUT2D eigenvalue weighted by Gasteiger charge is 2.22. The Bertz CT molecular complexity index is 784. The normalized spacial score (nSPS) is 15.0. The third kappa shape index (κ3) is 4.65.